The lowest BCUT2D eigenvalue weighted by Gasteiger charge is -2.28. The lowest BCUT2D eigenvalue weighted by molar-refractivity contribution is 0.227. The molecule has 1 aliphatic rings. The second-order valence-electron chi connectivity index (χ2n) is 6.49. The number of halogens is 2. The highest BCUT2D eigenvalue weighted by Crippen LogP contribution is 2.26. The number of anilines is 1. The van der Waals surface area contributed by atoms with E-state index in [4.69, 9.17) is 4.74 Å². The van der Waals surface area contributed by atoms with Crippen LogP contribution in [0.15, 0.2) is 42.5 Å². The van der Waals surface area contributed by atoms with E-state index >= 15 is 0 Å². The number of methoxy groups -OCH3 is 1. The molecule has 0 aromatic heterocycles. The molecule has 0 spiro atoms. The monoisotopic (exact) mass is 375 g/mol. The topological polar surface area (TPSA) is 53.6 Å². The smallest absolute Gasteiger partial charge is 0.319 e. The number of nitrogens with one attached hydrogen (secondary N) is 2. The highest BCUT2D eigenvalue weighted by atomic mass is 19.1. The molecule has 0 aliphatic carbocycles. The first-order chi connectivity index (χ1) is 13.1. The zero-order chi connectivity index (χ0) is 19.2. The van der Waals surface area contributed by atoms with E-state index in [-0.39, 0.29) is 11.7 Å². The summed E-state index contributed by atoms with van der Waals surface area (Å²) < 4.78 is 31.9. The molecule has 0 saturated carbocycles. The van der Waals surface area contributed by atoms with Crippen LogP contribution in [-0.4, -0.2) is 37.7 Å². The first-order valence-electron chi connectivity index (χ1n) is 8.94. The van der Waals surface area contributed by atoms with Crippen LogP contribution in [-0.2, 0) is 0 Å². The molecule has 2 amide bonds. The Hall–Kier alpha value is -2.67. The lowest BCUT2D eigenvalue weighted by atomic mass is 10.1. The van der Waals surface area contributed by atoms with Gasteiger partial charge in [0, 0.05) is 12.6 Å². The maximum Gasteiger partial charge on any atom is 0.319 e. The second-order valence-corrected chi connectivity index (χ2v) is 6.49. The van der Waals surface area contributed by atoms with Gasteiger partial charge in [-0.1, -0.05) is 12.1 Å². The number of benzene rings is 2. The van der Waals surface area contributed by atoms with E-state index in [1.54, 1.807) is 7.11 Å². The largest absolute Gasteiger partial charge is 0.497 e. The molecule has 0 radical (unpaired) electrons. The minimum Gasteiger partial charge on any atom is -0.497 e. The summed E-state index contributed by atoms with van der Waals surface area (Å²) in [4.78, 5) is 14.5. The molecule has 3 rings (SSSR count). The van der Waals surface area contributed by atoms with Crippen molar-refractivity contribution in [3.8, 4) is 5.75 Å². The van der Waals surface area contributed by atoms with Gasteiger partial charge in [-0.25, -0.2) is 13.6 Å². The predicted octanol–water partition coefficient (Wildman–Crippen LogP) is 3.93. The molecule has 0 bridgehead atoms. The van der Waals surface area contributed by atoms with Crippen molar-refractivity contribution in [2.75, 3.05) is 32.1 Å². The van der Waals surface area contributed by atoms with Gasteiger partial charge in [0.15, 0.2) is 0 Å². The highest BCUT2D eigenvalue weighted by Gasteiger charge is 2.24. The molecule has 1 unspecified atom stereocenters. The zero-order valence-electron chi connectivity index (χ0n) is 15.2. The number of rotatable bonds is 6. The van der Waals surface area contributed by atoms with Gasteiger partial charge in [0.1, 0.15) is 17.4 Å². The second kappa shape index (κ2) is 8.81. The summed E-state index contributed by atoms with van der Waals surface area (Å²) in [6.45, 7) is 2.31. The van der Waals surface area contributed by atoms with Crippen LogP contribution in [0.4, 0.5) is 19.3 Å². The van der Waals surface area contributed by atoms with Gasteiger partial charge in [0.2, 0.25) is 0 Å². The summed E-state index contributed by atoms with van der Waals surface area (Å²) in [7, 11) is 1.62. The number of urea groups is 1. The number of ether oxygens (including phenoxy) is 1. The van der Waals surface area contributed by atoms with Gasteiger partial charge in [0.05, 0.1) is 18.8 Å². The number of likely N-dealkylation sites (tertiary alicyclic amines) is 1. The molecule has 7 heteroatoms. The van der Waals surface area contributed by atoms with Crippen LogP contribution >= 0.6 is 0 Å². The van der Waals surface area contributed by atoms with Gasteiger partial charge in [-0.2, -0.15) is 0 Å². The van der Waals surface area contributed by atoms with E-state index in [0.717, 1.165) is 49.4 Å². The lowest BCUT2D eigenvalue weighted by Crippen LogP contribution is -2.38. The Morgan fingerprint density at radius 3 is 2.48 bits per heavy atom. The Morgan fingerprint density at radius 1 is 1.15 bits per heavy atom. The molecular formula is C20H23F2N3O2. The van der Waals surface area contributed by atoms with E-state index in [1.807, 2.05) is 24.3 Å². The standard InChI is InChI=1S/C20H23F2N3O2/c1-27-16-7-4-14(5-8-16)19(25-10-2-3-11-25)13-23-20(26)24-18-9-6-15(21)12-17(18)22/h4-9,12,19H,2-3,10-11,13H2,1H3,(H2,23,24,26). The molecule has 1 atom stereocenters. The highest BCUT2D eigenvalue weighted by molar-refractivity contribution is 5.89. The van der Waals surface area contributed by atoms with Gasteiger partial charge in [0.25, 0.3) is 0 Å². The normalized spacial score (nSPS) is 15.4. The quantitative estimate of drug-likeness (QED) is 0.804. The Balaban J connectivity index is 1.65. The van der Waals surface area contributed by atoms with Crippen LogP contribution in [0.25, 0.3) is 0 Å². The number of hydrogen-bond donors (Lipinski definition) is 2. The van der Waals surface area contributed by atoms with Gasteiger partial charge in [-0.3, -0.25) is 4.90 Å². The van der Waals surface area contributed by atoms with Gasteiger partial charge in [-0.05, 0) is 55.8 Å². The third-order valence-corrected chi connectivity index (χ3v) is 4.72. The van der Waals surface area contributed by atoms with E-state index in [1.165, 1.54) is 6.07 Å². The van der Waals surface area contributed by atoms with Crippen LogP contribution in [0.2, 0.25) is 0 Å². The van der Waals surface area contributed by atoms with Crippen molar-refractivity contribution in [3.05, 3.63) is 59.7 Å². The van der Waals surface area contributed by atoms with E-state index in [0.29, 0.717) is 6.54 Å². The fourth-order valence-corrected chi connectivity index (χ4v) is 3.28. The molecule has 144 valence electrons. The summed E-state index contributed by atoms with van der Waals surface area (Å²) in [5.74, 6) is -0.722. The van der Waals surface area contributed by atoms with E-state index in [9.17, 15) is 13.6 Å². The molecule has 1 fully saturated rings. The average molecular weight is 375 g/mol. The van der Waals surface area contributed by atoms with Crippen molar-refractivity contribution >= 4 is 11.7 Å². The van der Waals surface area contributed by atoms with E-state index < -0.39 is 17.7 Å². The fourth-order valence-electron chi connectivity index (χ4n) is 3.28. The number of hydrogen-bond acceptors (Lipinski definition) is 3. The van der Waals surface area contributed by atoms with Gasteiger partial charge >= 0.3 is 6.03 Å². The minimum absolute atomic E-state index is 0.0159. The first-order valence-corrected chi connectivity index (χ1v) is 8.94. The summed E-state index contributed by atoms with van der Waals surface area (Å²) in [5, 5.41) is 5.22. The van der Waals surface area contributed by atoms with Crippen LogP contribution < -0.4 is 15.4 Å². The third kappa shape index (κ3) is 4.95. The van der Waals surface area contributed by atoms with Crippen LogP contribution in [0, 0.1) is 11.6 Å². The van der Waals surface area contributed by atoms with Crippen molar-refractivity contribution in [2.45, 2.75) is 18.9 Å². The first kappa shape index (κ1) is 19.1. The molecule has 27 heavy (non-hydrogen) atoms. The van der Waals surface area contributed by atoms with Gasteiger partial charge < -0.3 is 15.4 Å². The third-order valence-electron chi connectivity index (χ3n) is 4.72. The maximum absolute atomic E-state index is 13.7. The molecule has 1 aliphatic heterocycles. The Labute approximate surface area is 157 Å². The van der Waals surface area contributed by atoms with Crippen LogP contribution in [0.1, 0.15) is 24.4 Å². The molecular weight excluding hydrogens is 352 g/mol. The Morgan fingerprint density at radius 2 is 1.85 bits per heavy atom. The van der Waals surface area contributed by atoms with Crippen molar-refractivity contribution in [1.82, 2.24) is 10.2 Å². The molecule has 1 heterocycles. The molecule has 2 aromatic carbocycles. The Bertz CT molecular complexity index is 777. The maximum atomic E-state index is 13.7. The van der Waals surface area contributed by atoms with Crippen molar-refractivity contribution < 1.29 is 18.3 Å². The van der Waals surface area contributed by atoms with Crippen LogP contribution in [0.3, 0.4) is 0 Å². The summed E-state index contributed by atoms with van der Waals surface area (Å²) in [6, 6.07) is 10.3. The molecule has 2 aromatic rings. The van der Waals surface area contributed by atoms with Gasteiger partial charge in [-0.15, -0.1) is 0 Å². The fraction of sp³-hybridized carbons (Fsp3) is 0.350. The number of carbonyl (C=O) groups excluding carboxylic acids is 1. The molecule has 5 nitrogen and oxygen atoms in total. The summed E-state index contributed by atoms with van der Waals surface area (Å²) in [6.07, 6.45) is 2.25. The average Bonchev–Trinajstić information content (AvgIpc) is 3.19. The number of amides is 2. The summed E-state index contributed by atoms with van der Waals surface area (Å²) in [5.41, 5.74) is 1.02. The summed E-state index contributed by atoms with van der Waals surface area (Å²) >= 11 is 0. The van der Waals surface area contributed by atoms with Crippen molar-refractivity contribution in [3.63, 3.8) is 0 Å². The predicted molar refractivity (Wildman–Crippen MR) is 99.9 cm³/mol. The molecule has 1 saturated heterocycles. The minimum atomic E-state index is -0.809. The van der Waals surface area contributed by atoms with E-state index in [2.05, 4.69) is 15.5 Å². The molecule has 2 N–H and O–H groups in total. The van der Waals surface area contributed by atoms with Crippen molar-refractivity contribution in [1.29, 1.82) is 0 Å². The Kier molecular flexibility index (Phi) is 6.24. The SMILES string of the molecule is COc1ccc(C(CNC(=O)Nc2ccc(F)cc2F)N2CCCC2)cc1. The van der Waals surface area contributed by atoms with Crippen molar-refractivity contribution in [2.24, 2.45) is 0 Å². The zero-order valence-corrected chi connectivity index (χ0v) is 15.2. The number of nitrogens with zero attached hydrogens (tertiary/aromatic N) is 1. The van der Waals surface area contributed by atoms with Crippen LogP contribution in [0.5, 0.6) is 5.75 Å². The number of carbonyl (C=O) groups is 1.